The molecule has 1 aromatic carbocycles. The summed E-state index contributed by atoms with van der Waals surface area (Å²) in [5.74, 6) is 0.599. The molecular formula is C22H30N4O2S. The van der Waals surface area contributed by atoms with Crippen LogP contribution < -0.4 is 0 Å². The first-order chi connectivity index (χ1) is 14.2. The van der Waals surface area contributed by atoms with Gasteiger partial charge in [0.25, 0.3) is 0 Å². The number of hydrogen-bond donors (Lipinski definition) is 0. The van der Waals surface area contributed by atoms with Gasteiger partial charge in [-0.3, -0.25) is 14.5 Å². The van der Waals surface area contributed by atoms with Gasteiger partial charge in [0.05, 0.1) is 11.6 Å². The summed E-state index contributed by atoms with van der Waals surface area (Å²) in [6, 6.07) is 10.1. The number of amides is 2. The summed E-state index contributed by atoms with van der Waals surface area (Å²) < 4.78 is 1.82. The predicted octanol–water partition coefficient (Wildman–Crippen LogP) is 4.45. The zero-order chi connectivity index (χ0) is 20.5. The SMILES string of the molecule is CCCCCCC[C@H](Cc1cn(CSc2ccccc2)nn1)N1C(=O)CCC1=O. The van der Waals surface area contributed by atoms with Gasteiger partial charge in [0.15, 0.2) is 0 Å². The Morgan fingerprint density at radius 2 is 1.76 bits per heavy atom. The topological polar surface area (TPSA) is 68.1 Å². The van der Waals surface area contributed by atoms with Crippen molar-refractivity contribution in [1.82, 2.24) is 19.9 Å². The molecule has 1 aliphatic heterocycles. The van der Waals surface area contributed by atoms with Gasteiger partial charge in [-0.1, -0.05) is 62.4 Å². The van der Waals surface area contributed by atoms with Crippen molar-refractivity contribution in [2.75, 3.05) is 0 Å². The highest BCUT2D eigenvalue weighted by Gasteiger charge is 2.35. The Bertz CT molecular complexity index is 777. The summed E-state index contributed by atoms with van der Waals surface area (Å²) in [7, 11) is 0. The minimum absolute atomic E-state index is 0.0411. The van der Waals surface area contributed by atoms with Crippen LogP contribution in [-0.4, -0.2) is 37.7 Å². The van der Waals surface area contributed by atoms with E-state index in [1.807, 2.05) is 29.1 Å². The van der Waals surface area contributed by atoms with Gasteiger partial charge in [-0.15, -0.1) is 16.9 Å². The van der Waals surface area contributed by atoms with Crippen LogP contribution in [-0.2, 0) is 21.9 Å². The summed E-state index contributed by atoms with van der Waals surface area (Å²) in [5.41, 5.74) is 0.838. The largest absolute Gasteiger partial charge is 0.279 e. The van der Waals surface area contributed by atoms with E-state index < -0.39 is 0 Å². The van der Waals surface area contributed by atoms with E-state index in [1.165, 1.54) is 29.1 Å². The van der Waals surface area contributed by atoms with Crippen LogP contribution in [0.3, 0.4) is 0 Å². The van der Waals surface area contributed by atoms with Crippen molar-refractivity contribution >= 4 is 23.6 Å². The zero-order valence-electron chi connectivity index (χ0n) is 17.1. The van der Waals surface area contributed by atoms with Gasteiger partial charge in [0.2, 0.25) is 11.8 Å². The summed E-state index contributed by atoms with van der Waals surface area (Å²) in [4.78, 5) is 27.2. The second kappa shape index (κ2) is 11.1. The maximum absolute atomic E-state index is 12.3. The van der Waals surface area contributed by atoms with Gasteiger partial charge >= 0.3 is 0 Å². The second-order valence-electron chi connectivity index (χ2n) is 7.55. The van der Waals surface area contributed by atoms with Crippen LogP contribution in [0.15, 0.2) is 41.4 Å². The number of unbranched alkanes of at least 4 members (excludes halogenated alkanes) is 4. The lowest BCUT2D eigenvalue weighted by atomic mass is 10.0. The molecule has 1 atom stereocenters. The molecule has 2 amide bonds. The van der Waals surface area contributed by atoms with Crippen molar-refractivity contribution in [1.29, 1.82) is 0 Å². The number of carbonyl (C=O) groups is 2. The number of aromatic nitrogens is 3. The number of hydrogen-bond acceptors (Lipinski definition) is 5. The molecule has 156 valence electrons. The van der Waals surface area contributed by atoms with Crippen LogP contribution >= 0.6 is 11.8 Å². The highest BCUT2D eigenvalue weighted by molar-refractivity contribution is 7.98. The molecule has 0 bridgehead atoms. The van der Waals surface area contributed by atoms with Crippen LogP contribution in [0.1, 0.15) is 64.0 Å². The highest BCUT2D eigenvalue weighted by Crippen LogP contribution is 2.23. The highest BCUT2D eigenvalue weighted by atomic mass is 32.2. The number of rotatable bonds is 12. The fourth-order valence-corrected chi connectivity index (χ4v) is 4.46. The average molecular weight is 415 g/mol. The number of imide groups is 1. The standard InChI is InChI=1S/C22H30N4O2S/c1-2-3-4-5-7-10-19(26-21(27)13-14-22(26)28)15-18-16-25(24-23-18)17-29-20-11-8-6-9-12-20/h6,8-9,11-12,16,19H,2-5,7,10,13-15,17H2,1H3/t19-/m1/s1. The fourth-order valence-electron chi connectivity index (χ4n) is 3.70. The monoisotopic (exact) mass is 414 g/mol. The molecular weight excluding hydrogens is 384 g/mol. The Balaban J connectivity index is 1.58. The first kappa shape index (κ1) is 21.6. The van der Waals surface area contributed by atoms with Crippen LogP contribution in [0.5, 0.6) is 0 Å². The van der Waals surface area contributed by atoms with Crippen molar-refractivity contribution in [3.8, 4) is 0 Å². The van der Waals surface area contributed by atoms with Crippen molar-refractivity contribution in [2.24, 2.45) is 0 Å². The lowest BCUT2D eigenvalue weighted by Gasteiger charge is -2.25. The Morgan fingerprint density at radius 3 is 2.48 bits per heavy atom. The zero-order valence-corrected chi connectivity index (χ0v) is 17.9. The fraction of sp³-hybridized carbons (Fsp3) is 0.545. The minimum atomic E-state index is -0.106. The smallest absolute Gasteiger partial charge is 0.229 e. The van der Waals surface area contributed by atoms with E-state index in [1.54, 1.807) is 11.8 Å². The summed E-state index contributed by atoms with van der Waals surface area (Å²) >= 11 is 1.70. The summed E-state index contributed by atoms with van der Waals surface area (Å²) in [6.45, 7) is 2.20. The van der Waals surface area contributed by atoms with E-state index in [4.69, 9.17) is 0 Å². The quantitative estimate of drug-likeness (QED) is 0.292. The van der Waals surface area contributed by atoms with Gasteiger partial charge in [-0.25, -0.2) is 4.68 Å². The van der Waals surface area contributed by atoms with Gasteiger partial charge in [0.1, 0.15) is 0 Å². The van der Waals surface area contributed by atoms with E-state index >= 15 is 0 Å². The molecule has 0 saturated carbocycles. The van der Waals surface area contributed by atoms with E-state index in [0.717, 1.165) is 25.0 Å². The minimum Gasteiger partial charge on any atom is -0.279 e. The molecule has 29 heavy (non-hydrogen) atoms. The van der Waals surface area contributed by atoms with Gasteiger partial charge in [-0.05, 0) is 18.6 Å². The van der Waals surface area contributed by atoms with Crippen LogP contribution in [0, 0.1) is 0 Å². The Kier molecular flexibility index (Phi) is 8.28. The molecule has 1 saturated heterocycles. The third-order valence-corrected chi connectivity index (χ3v) is 6.23. The van der Waals surface area contributed by atoms with Gasteiger partial charge < -0.3 is 0 Å². The van der Waals surface area contributed by atoms with Gasteiger partial charge in [0, 0.05) is 36.4 Å². The molecule has 1 aromatic heterocycles. The van der Waals surface area contributed by atoms with Crippen molar-refractivity contribution < 1.29 is 9.59 Å². The van der Waals surface area contributed by atoms with Crippen molar-refractivity contribution in [3.05, 3.63) is 42.2 Å². The second-order valence-corrected chi connectivity index (χ2v) is 8.57. The van der Waals surface area contributed by atoms with Crippen LogP contribution in [0.4, 0.5) is 0 Å². The van der Waals surface area contributed by atoms with Crippen molar-refractivity contribution in [3.63, 3.8) is 0 Å². The lowest BCUT2D eigenvalue weighted by Crippen LogP contribution is -2.40. The molecule has 3 rings (SSSR count). The molecule has 0 spiro atoms. The molecule has 6 nitrogen and oxygen atoms in total. The van der Waals surface area contributed by atoms with Crippen molar-refractivity contribution in [2.45, 2.75) is 81.5 Å². The van der Waals surface area contributed by atoms with Crippen LogP contribution in [0.25, 0.3) is 0 Å². The molecule has 2 heterocycles. The number of thioether (sulfide) groups is 1. The third-order valence-electron chi connectivity index (χ3n) is 5.23. The first-order valence-corrected chi connectivity index (χ1v) is 11.6. The molecule has 2 aromatic rings. The number of nitrogens with zero attached hydrogens (tertiary/aromatic N) is 4. The van der Waals surface area contributed by atoms with E-state index in [2.05, 4.69) is 29.4 Å². The molecule has 0 unspecified atom stereocenters. The number of benzene rings is 1. The van der Waals surface area contributed by atoms with E-state index in [9.17, 15) is 9.59 Å². The molecule has 7 heteroatoms. The average Bonchev–Trinajstić information content (AvgIpc) is 3.32. The third kappa shape index (κ3) is 6.42. The maximum atomic E-state index is 12.3. The van der Waals surface area contributed by atoms with Crippen LogP contribution in [0.2, 0.25) is 0 Å². The lowest BCUT2D eigenvalue weighted by molar-refractivity contribution is -0.141. The Hall–Kier alpha value is -2.15. The number of carbonyl (C=O) groups excluding carboxylic acids is 2. The Labute approximate surface area is 177 Å². The Morgan fingerprint density at radius 1 is 1.03 bits per heavy atom. The normalized spacial score (nSPS) is 15.3. The molecule has 1 fully saturated rings. The summed E-state index contributed by atoms with van der Waals surface area (Å²) in [6.07, 6.45) is 9.85. The number of likely N-dealkylation sites (tertiary alicyclic amines) is 1. The predicted molar refractivity (Wildman–Crippen MR) is 114 cm³/mol. The molecule has 0 aliphatic carbocycles. The molecule has 0 N–H and O–H groups in total. The summed E-state index contributed by atoms with van der Waals surface area (Å²) in [5, 5.41) is 8.53. The molecule has 0 radical (unpaired) electrons. The van der Waals surface area contributed by atoms with Gasteiger partial charge in [-0.2, -0.15) is 0 Å². The van der Waals surface area contributed by atoms with E-state index in [0.29, 0.717) is 25.1 Å². The first-order valence-electron chi connectivity index (χ1n) is 10.6. The van der Waals surface area contributed by atoms with E-state index in [-0.39, 0.29) is 17.9 Å². The molecule has 1 aliphatic rings. The maximum Gasteiger partial charge on any atom is 0.229 e.